The molecule has 26 heavy (non-hydrogen) atoms. The van der Waals surface area contributed by atoms with Crippen molar-refractivity contribution in [3.63, 3.8) is 0 Å². The smallest absolute Gasteiger partial charge is 0.355 e. The first-order valence-electron chi connectivity index (χ1n) is 8.61. The zero-order chi connectivity index (χ0) is 19.0. The van der Waals surface area contributed by atoms with Gasteiger partial charge >= 0.3 is 5.97 Å². The molecule has 1 aromatic heterocycles. The molecule has 1 aliphatic heterocycles. The summed E-state index contributed by atoms with van der Waals surface area (Å²) in [7, 11) is 0. The number of nitrogens with one attached hydrogen (secondary N) is 1. The summed E-state index contributed by atoms with van der Waals surface area (Å²) in [6.45, 7) is 7.03. The minimum Gasteiger partial charge on any atom is -0.448 e. The number of amides is 1. The predicted octanol–water partition coefficient (Wildman–Crippen LogP) is 2.97. The minimum absolute atomic E-state index is 0.118. The van der Waals surface area contributed by atoms with E-state index in [0.717, 1.165) is 17.7 Å². The number of carbonyl (C=O) groups excluding carboxylic acids is 3. The zero-order valence-electron chi connectivity index (χ0n) is 15.4. The quantitative estimate of drug-likeness (QED) is 0.676. The molecule has 2 aromatic rings. The number of hydrogen-bond donors (Lipinski definition) is 1. The normalized spacial score (nSPS) is 14.1. The number of H-pyrrole nitrogens is 1. The number of carbonyl (C=O) groups is 3. The second-order valence-electron chi connectivity index (χ2n) is 6.60. The van der Waals surface area contributed by atoms with Crippen LogP contribution in [0.4, 0.5) is 5.69 Å². The van der Waals surface area contributed by atoms with Crippen LogP contribution in [-0.4, -0.2) is 35.3 Å². The molecule has 0 unspecified atom stereocenters. The Bertz CT molecular complexity index is 897. The average molecular weight is 354 g/mol. The lowest BCUT2D eigenvalue weighted by Gasteiger charge is -2.21. The summed E-state index contributed by atoms with van der Waals surface area (Å²) >= 11 is 0. The van der Waals surface area contributed by atoms with Gasteiger partial charge in [-0.25, -0.2) is 4.79 Å². The van der Waals surface area contributed by atoms with Crippen LogP contribution in [0.25, 0.3) is 0 Å². The van der Waals surface area contributed by atoms with Gasteiger partial charge in [-0.05, 0) is 51.3 Å². The highest BCUT2D eigenvalue weighted by Crippen LogP contribution is 2.28. The third kappa shape index (κ3) is 3.03. The van der Waals surface area contributed by atoms with Crippen molar-refractivity contribution in [3.8, 4) is 0 Å². The molecular weight excluding hydrogens is 332 g/mol. The Hall–Kier alpha value is -2.89. The molecule has 0 aliphatic carbocycles. The van der Waals surface area contributed by atoms with Crippen molar-refractivity contribution in [1.82, 2.24) is 4.98 Å². The zero-order valence-corrected chi connectivity index (χ0v) is 15.4. The van der Waals surface area contributed by atoms with Crippen LogP contribution in [0.3, 0.4) is 0 Å². The Morgan fingerprint density at radius 2 is 1.88 bits per heavy atom. The van der Waals surface area contributed by atoms with Crippen LogP contribution in [0.2, 0.25) is 0 Å². The van der Waals surface area contributed by atoms with Crippen molar-refractivity contribution in [2.24, 2.45) is 0 Å². The number of hydrogen-bond acceptors (Lipinski definition) is 4. The van der Waals surface area contributed by atoms with Gasteiger partial charge in [0.1, 0.15) is 5.69 Å². The molecule has 0 bridgehead atoms. The highest BCUT2D eigenvalue weighted by molar-refractivity contribution is 6.03. The first kappa shape index (κ1) is 17.9. The van der Waals surface area contributed by atoms with E-state index in [0.29, 0.717) is 23.4 Å². The summed E-state index contributed by atoms with van der Waals surface area (Å²) in [5.74, 6) is -1.00. The summed E-state index contributed by atoms with van der Waals surface area (Å²) in [6, 6.07) is 7.72. The minimum atomic E-state index is -0.919. The van der Waals surface area contributed by atoms with Gasteiger partial charge in [0.2, 0.25) is 0 Å². The number of aromatic nitrogens is 1. The van der Waals surface area contributed by atoms with E-state index >= 15 is 0 Å². The van der Waals surface area contributed by atoms with Crippen molar-refractivity contribution < 1.29 is 19.1 Å². The van der Waals surface area contributed by atoms with E-state index < -0.39 is 12.1 Å². The molecule has 0 saturated carbocycles. The van der Waals surface area contributed by atoms with Crippen LogP contribution in [0.5, 0.6) is 0 Å². The molecule has 6 heteroatoms. The molecule has 136 valence electrons. The van der Waals surface area contributed by atoms with Gasteiger partial charge in [0.15, 0.2) is 11.9 Å². The Labute approximate surface area is 152 Å². The molecule has 1 atom stereocenters. The number of rotatable bonds is 4. The monoisotopic (exact) mass is 354 g/mol. The molecule has 1 amide bonds. The highest BCUT2D eigenvalue weighted by Gasteiger charge is 2.31. The molecule has 1 aliphatic rings. The van der Waals surface area contributed by atoms with Gasteiger partial charge < -0.3 is 14.6 Å². The molecule has 0 radical (unpaired) electrons. The van der Waals surface area contributed by atoms with Crippen molar-refractivity contribution in [2.45, 2.75) is 40.2 Å². The van der Waals surface area contributed by atoms with E-state index in [-0.39, 0.29) is 17.4 Å². The standard InChI is InChI=1S/C20H22N2O4/c1-11-17(13(3)23)12(2)21-18(11)20(25)26-14(4)19(24)22-10-9-15-7-5-6-8-16(15)22/h5-8,14,21H,9-10H2,1-4H3/t14-/m1/s1. The first-order valence-corrected chi connectivity index (χ1v) is 8.61. The molecule has 1 N–H and O–H groups in total. The number of anilines is 1. The van der Waals surface area contributed by atoms with E-state index in [2.05, 4.69) is 4.98 Å². The molecule has 2 heterocycles. The third-order valence-corrected chi connectivity index (χ3v) is 4.78. The molecule has 1 aromatic carbocycles. The lowest BCUT2D eigenvalue weighted by atomic mass is 10.1. The number of ketones is 1. The molecule has 3 rings (SSSR count). The van der Waals surface area contributed by atoms with Crippen molar-refractivity contribution in [2.75, 3.05) is 11.4 Å². The average Bonchev–Trinajstić information content (AvgIpc) is 3.14. The Morgan fingerprint density at radius 1 is 1.19 bits per heavy atom. The fourth-order valence-electron chi connectivity index (χ4n) is 3.54. The number of nitrogens with zero attached hydrogens (tertiary/aromatic N) is 1. The molecular formula is C20H22N2O4. The van der Waals surface area contributed by atoms with Crippen LogP contribution in [0, 0.1) is 13.8 Å². The summed E-state index contributed by atoms with van der Waals surface area (Å²) < 4.78 is 5.38. The largest absolute Gasteiger partial charge is 0.448 e. The van der Waals surface area contributed by atoms with Crippen LogP contribution in [-0.2, 0) is 16.0 Å². The van der Waals surface area contributed by atoms with E-state index in [1.54, 1.807) is 25.7 Å². The lowest BCUT2D eigenvalue weighted by molar-refractivity contribution is -0.126. The van der Waals surface area contributed by atoms with Gasteiger partial charge in [-0.1, -0.05) is 18.2 Å². The van der Waals surface area contributed by atoms with E-state index in [1.807, 2.05) is 24.3 Å². The maximum atomic E-state index is 12.7. The van der Waals surface area contributed by atoms with Gasteiger partial charge in [0, 0.05) is 23.5 Å². The number of esters is 1. The van der Waals surface area contributed by atoms with Crippen LogP contribution in [0.15, 0.2) is 24.3 Å². The number of ether oxygens (including phenoxy) is 1. The second-order valence-corrected chi connectivity index (χ2v) is 6.60. The Morgan fingerprint density at radius 3 is 2.54 bits per heavy atom. The van der Waals surface area contributed by atoms with Crippen molar-refractivity contribution in [3.05, 3.63) is 52.3 Å². The summed E-state index contributed by atoms with van der Waals surface area (Å²) in [5, 5.41) is 0. The van der Waals surface area contributed by atoms with Gasteiger partial charge in [-0.15, -0.1) is 0 Å². The number of Topliss-reactive ketones (excluding diaryl/α,β-unsaturated/α-hetero) is 1. The van der Waals surface area contributed by atoms with Gasteiger partial charge in [-0.3, -0.25) is 9.59 Å². The van der Waals surface area contributed by atoms with Gasteiger partial charge in [0.25, 0.3) is 5.91 Å². The van der Waals surface area contributed by atoms with Gasteiger partial charge in [0.05, 0.1) is 0 Å². The fraction of sp³-hybridized carbons (Fsp3) is 0.350. The SMILES string of the molecule is CC(=O)c1c(C)[nH]c(C(=O)O[C@H](C)C(=O)N2CCc3ccccc32)c1C. The number of para-hydroxylation sites is 1. The van der Waals surface area contributed by atoms with E-state index in [4.69, 9.17) is 4.74 Å². The molecule has 0 saturated heterocycles. The Balaban J connectivity index is 1.75. The van der Waals surface area contributed by atoms with Crippen LogP contribution < -0.4 is 4.90 Å². The molecule has 6 nitrogen and oxygen atoms in total. The number of fused-ring (bicyclic) bond motifs is 1. The molecule has 0 fully saturated rings. The maximum absolute atomic E-state index is 12.7. The van der Waals surface area contributed by atoms with E-state index in [9.17, 15) is 14.4 Å². The van der Waals surface area contributed by atoms with Crippen LogP contribution in [0.1, 0.15) is 51.5 Å². The predicted molar refractivity (Wildman–Crippen MR) is 97.6 cm³/mol. The third-order valence-electron chi connectivity index (χ3n) is 4.78. The van der Waals surface area contributed by atoms with Crippen LogP contribution >= 0.6 is 0 Å². The lowest BCUT2D eigenvalue weighted by Crippen LogP contribution is -2.39. The maximum Gasteiger partial charge on any atom is 0.355 e. The topological polar surface area (TPSA) is 79.5 Å². The number of benzene rings is 1. The van der Waals surface area contributed by atoms with Gasteiger partial charge in [-0.2, -0.15) is 0 Å². The molecule has 0 spiro atoms. The number of aromatic amines is 1. The number of aryl methyl sites for hydroxylation is 1. The highest BCUT2D eigenvalue weighted by atomic mass is 16.5. The summed E-state index contributed by atoms with van der Waals surface area (Å²) in [4.78, 5) is 41.5. The van der Waals surface area contributed by atoms with Crippen molar-refractivity contribution >= 4 is 23.3 Å². The van der Waals surface area contributed by atoms with E-state index in [1.165, 1.54) is 6.92 Å². The Kier molecular flexibility index (Phi) is 4.68. The first-order chi connectivity index (χ1) is 12.3. The fourth-order valence-corrected chi connectivity index (χ4v) is 3.54. The van der Waals surface area contributed by atoms with Crippen molar-refractivity contribution in [1.29, 1.82) is 0 Å². The summed E-state index contributed by atoms with van der Waals surface area (Å²) in [5.41, 5.74) is 3.85. The second kappa shape index (κ2) is 6.78. The summed E-state index contributed by atoms with van der Waals surface area (Å²) in [6.07, 6.45) is -0.128.